The largest absolute Gasteiger partial charge is 0.398 e. The van der Waals surface area contributed by atoms with Crippen LogP contribution in [0.5, 0.6) is 0 Å². The summed E-state index contributed by atoms with van der Waals surface area (Å²) in [6, 6.07) is 11.0. The van der Waals surface area contributed by atoms with Gasteiger partial charge in [0, 0.05) is 17.1 Å². The molecule has 1 heterocycles. The van der Waals surface area contributed by atoms with Crippen LogP contribution in [-0.4, -0.2) is 15.0 Å². The first-order valence-electron chi connectivity index (χ1n) is 8.29. The first-order chi connectivity index (χ1) is 12.9. The van der Waals surface area contributed by atoms with Gasteiger partial charge in [-0.2, -0.15) is 20.2 Å². The van der Waals surface area contributed by atoms with Gasteiger partial charge in [-0.15, -0.1) is 0 Å². The number of benzene rings is 2. The maximum absolute atomic E-state index is 8.88. The summed E-state index contributed by atoms with van der Waals surface area (Å²) in [5.41, 5.74) is 17.8. The van der Waals surface area contributed by atoms with E-state index in [2.05, 4.69) is 31.7 Å². The standard InChI is InChI=1S/C19H20N8/c1-10-8-11(2)16(12(3)15(10)21)24-19-26-17(22)25-18(27-19)23-14-6-4-13(9-20)5-7-14/h4-8H,21H2,1-3H3,(H4,22,23,24,25,26,27). The lowest BCUT2D eigenvalue weighted by Crippen LogP contribution is -2.09. The van der Waals surface area contributed by atoms with E-state index in [-0.39, 0.29) is 5.95 Å². The number of anilines is 6. The van der Waals surface area contributed by atoms with Gasteiger partial charge < -0.3 is 22.1 Å². The molecule has 0 fully saturated rings. The summed E-state index contributed by atoms with van der Waals surface area (Å²) in [5, 5.41) is 15.1. The third kappa shape index (κ3) is 3.88. The first kappa shape index (κ1) is 17.9. The highest BCUT2D eigenvalue weighted by atomic mass is 15.2. The van der Waals surface area contributed by atoms with E-state index >= 15 is 0 Å². The van der Waals surface area contributed by atoms with Crippen LogP contribution < -0.4 is 22.1 Å². The van der Waals surface area contributed by atoms with Crippen molar-refractivity contribution in [2.75, 3.05) is 22.1 Å². The molecule has 1 aromatic heterocycles. The second kappa shape index (κ2) is 7.17. The van der Waals surface area contributed by atoms with Gasteiger partial charge in [-0.1, -0.05) is 6.07 Å². The summed E-state index contributed by atoms with van der Waals surface area (Å²) in [6.45, 7) is 5.90. The van der Waals surface area contributed by atoms with Crippen molar-refractivity contribution in [3.8, 4) is 6.07 Å². The molecule has 6 N–H and O–H groups in total. The van der Waals surface area contributed by atoms with E-state index in [1.54, 1.807) is 24.3 Å². The monoisotopic (exact) mass is 360 g/mol. The van der Waals surface area contributed by atoms with Gasteiger partial charge in [0.2, 0.25) is 17.8 Å². The minimum Gasteiger partial charge on any atom is -0.398 e. The Morgan fingerprint density at radius 2 is 1.52 bits per heavy atom. The highest BCUT2D eigenvalue weighted by Gasteiger charge is 2.12. The SMILES string of the molecule is Cc1cc(C)c(Nc2nc(N)nc(Nc3ccc(C#N)cc3)n2)c(C)c1N. The van der Waals surface area contributed by atoms with E-state index in [9.17, 15) is 0 Å². The Balaban J connectivity index is 1.90. The first-order valence-corrected chi connectivity index (χ1v) is 8.29. The maximum atomic E-state index is 8.88. The molecular formula is C19H20N8. The molecule has 27 heavy (non-hydrogen) atoms. The van der Waals surface area contributed by atoms with Crippen molar-refractivity contribution in [2.45, 2.75) is 20.8 Å². The van der Waals surface area contributed by atoms with Crippen molar-refractivity contribution in [1.82, 2.24) is 15.0 Å². The van der Waals surface area contributed by atoms with E-state index < -0.39 is 0 Å². The Kier molecular flexibility index (Phi) is 4.77. The Morgan fingerprint density at radius 3 is 2.15 bits per heavy atom. The predicted octanol–water partition coefficient (Wildman–Crippen LogP) is 3.32. The van der Waals surface area contributed by atoms with Gasteiger partial charge in [-0.05, 0) is 61.7 Å². The summed E-state index contributed by atoms with van der Waals surface area (Å²) in [4.78, 5) is 12.6. The summed E-state index contributed by atoms with van der Waals surface area (Å²) in [7, 11) is 0. The van der Waals surface area contributed by atoms with Crippen LogP contribution in [0.4, 0.5) is 34.9 Å². The fraction of sp³-hybridized carbons (Fsp3) is 0.158. The molecular weight excluding hydrogens is 340 g/mol. The Morgan fingerprint density at radius 1 is 0.889 bits per heavy atom. The molecule has 0 amide bonds. The van der Waals surface area contributed by atoms with Gasteiger partial charge in [0.1, 0.15) is 0 Å². The van der Waals surface area contributed by atoms with Crippen LogP contribution in [0.2, 0.25) is 0 Å². The Hall–Kier alpha value is -3.86. The number of nitrogens with one attached hydrogen (secondary N) is 2. The zero-order valence-corrected chi connectivity index (χ0v) is 15.3. The molecule has 0 aliphatic heterocycles. The van der Waals surface area contributed by atoms with Crippen molar-refractivity contribution in [1.29, 1.82) is 5.26 Å². The molecule has 8 nitrogen and oxygen atoms in total. The number of nitrogens with zero attached hydrogens (tertiary/aromatic N) is 4. The molecule has 3 aromatic rings. The third-order valence-corrected chi connectivity index (χ3v) is 4.19. The number of nitrogen functional groups attached to an aromatic ring is 2. The van der Waals surface area contributed by atoms with Gasteiger partial charge in [-0.3, -0.25) is 0 Å². The quantitative estimate of drug-likeness (QED) is 0.520. The maximum Gasteiger partial charge on any atom is 0.233 e. The van der Waals surface area contributed by atoms with Gasteiger partial charge in [0.25, 0.3) is 0 Å². The summed E-state index contributed by atoms with van der Waals surface area (Å²) < 4.78 is 0. The van der Waals surface area contributed by atoms with Gasteiger partial charge in [-0.25, -0.2) is 0 Å². The van der Waals surface area contributed by atoms with E-state index in [0.717, 1.165) is 33.8 Å². The average molecular weight is 360 g/mol. The van der Waals surface area contributed by atoms with Crippen LogP contribution >= 0.6 is 0 Å². The Labute approximate surface area is 157 Å². The molecule has 2 aromatic carbocycles. The minimum absolute atomic E-state index is 0.0824. The van der Waals surface area contributed by atoms with Crippen molar-refractivity contribution in [3.63, 3.8) is 0 Å². The van der Waals surface area contributed by atoms with Crippen LogP contribution in [-0.2, 0) is 0 Å². The molecule has 0 atom stereocenters. The normalized spacial score (nSPS) is 10.3. The number of nitrogens with two attached hydrogens (primary N) is 2. The van der Waals surface area contributed by atoms with Crippen molar-refractivity contribution in [2.24, 2.45) is 0 Å². The Bertz CT molecular complexity index is 1040. The number of rotatable bonds is 4. The van der Waals surface area contributed by atoms with E-state index in [1.165, 1.54) is 0 Å². The molecule has 0 aliphatic rings. The lowest BCUT2D eigenvalue weighted by Gasteiger charge is -2.16. The van der Waals surface area contributed by atoms with Crippen LogP contribution in [0.25, 0.3) is 0 Å². The van der Waals surface area contributed by atoms with E-state index in [0.29, 0.717) is 17.5 Å². The van der Waals surface area contributed by atoms with Crippen LogP contribution in [0.1, 0.15) is 22.3 Å². The number of hydrogen-bond donors (Lipinski definition) is 4. The lowest BCUT2D eigenvalue weighted by atomic mass is 10.0. The number of aryl methyl sites for hydroxylation is 2. The predicted molar refractivity (Wildman–Crippen MR) is 107 cm³/mol. The topological polar surface area (TPSA) is 139 Å². The average Bonchev–Trinajstić information content (AvgIpc) is 2.64. The van der Waals surface area contributed by atoms with Crippen LogP contribution in [0, 0.1) is 32.1 Å². The molecule has 0 saturated carbocycles. The van der Waals surface area contributed by atoms with Gasteiger partial charge >= 0.3 is 0 Å². The van der Waals surface area contributed by atoms with Crippen molar-refractivity contribution >= 4 is 34.9 Å². The molecule has 8 heteroatoms. The molecule has 0 spiro atoms. The summed E-state index contributed by atoms with van der Waals surface area (Å²) in [5.74, 6) is 0.692. The smallest absolute Gasteiger partial charge is 0.233 e. The summed E-state index contributed by atoms with van der Waals surface area (Å²) in [6.07, 6.45) is 0. The van der Waals surface area contributed by atoms with Crippen LogP contribution in [0.3, 0.4) is 0 Å². The number of hydrogen-bond acceptors (Lipinski definition) is 8. The van der Waals surface area contributed by atoms with Gasteiger partial charge in [0.05, 0.1) is 11.6 Å². The second-order valence-corrected chi connectivity index (χ2v) is 6.20. The molecule has 0 bridgehead atoms. The van der Waals surface area contributed by atoms with E-state index in [4.69, 9.17) is 16.7 Å². The fourth-order valence-electron chi connectivity index (χ4n) is 2.77. The lowest BCUT2D eigenvalue weighted by molar-refractivity contribution is 1.07. The van der Waals surface area contributed by atoms with Crippen molar-refractivity contribution < 1.29 is 0 Å². The minimum atomic E-state index is 0.0824. The molecule has 0 aliphatic carbocycles. The second-order valence-electron chi connectivity index (χ2n) is 6.20. The third-order valence-electron chi connectivity index (χ3n) is 4.19. The molecule has 0 saturated heterocycles. The zero-order valence-electron chi connectivity index (χ0n) is 15.3. The van der Waals surface area contributed by atoms with E-state index in [1.807, 2.05) is 26.8 Å². The van der Waals surface area contributed by atoms with Gasteiger partial charge in [0.15, 0.2) is 0 Å². The van der Waals surface area contributed by atoms with Crippen molar-refractivity contribution in [3.05, 3.63) is 52.6 Å². The fourth-order valence-corrected chi connectivity index (χ4v) is 2.77. The van der Waals surface area contributed by atoms with Crippen LogP contribution in [0.15, 0.2) is 30.3 Å². The molecule has 0 unspecified atom stereocenters. The highest BCUT2D eigenvalue weighted by molar-refractivity contribution is 5.73. The number of aromatic nitrogens is 3. The zero-order chi connectivity index (χ0) is 19.6. The highest BCUT2D eigenvalue weighted by Crippen LogP contribution is 2.30. The molecule has 136 valence electrons. The number of nitriles is 1. The molecule has 0 radical (unpaired) electrons. The summed E-state index contributed by atoms with van der Waals surface area (Å²) >= 11 is 0. The molecule has 3 rings (SSSR count).